The average molecular weight is 316 g/mol. The van der Waals surface area contributed by atoms with Gasteiger partial charge in [0, 0.05) is 12.1 Å². The van der Waals surface area contributed by atoms with Crippen LogP contribution >= 0.6 is 0 Å². The van der Waals surface area contributed by atoms with Crippen molar-refractivity contribution in [1.29, 1.82) is 0 Å². The number of anilines is 1. The predicted octanol–water partition coefficient (Wildman–Crippen LogP) is 2.96. The number of benzene rings is 1. The van der Waals surface area contributed by atoms with Gasteiger partial charge < -0.3 is 15.4 Å². The first-order valence-corrected chi connectivity index (χ1v) is 7.22. The second kappa shape index (κ2) is 7.49. The van der Waals surface area contributed by atoms with Crippen LogP contribution in [0, 0.1) is 5.92 Å². The van der Waals surface area contributed by atoms with Crippen LogP contribution in [0.1, 0.15) is 19.3 Å². The van der Waals surface area contributed by atoms with Gasteiger partial charge in [0.15, 0.2) is 6.61 Å². The van der Waals surface area contributed by atoms with Gasteiger partial charge in [0.25, 0.3) is 0 Å². The fourth-order valence-electron chi connectivity index (χ4n) is 2.36. The third-order valence-electron chi connectivity index (χ3n) is 3.47. The number of ether oxygens (including phenoxy) is 1. The van der Waals surface area contributed by atoms with Crippen molar-refractivity contribution in [3.63, 3.8) is 0 Å². The Morgan fingerprint density at radius 3 is 2.45 bits per heavy atom. The number of carbonyl (C=O) groups excluding carboxylic acids is 1. The standard InChI is InChI=1S/C15H19F3N2O2/c16-15(17,18)10-22-13-3-1-12(2-4-13)20-14(21)9-11-5-7-19-8-6-11/h1-4,11,19H,5-10H2,(H,20,21). The molecule has 1 aromatic rings. The summed E-state index contributed by atoms with van der Waals surface area (Å²) in [6.45, 7) is 0.542. The Kier molecular flexibility index (Phi) is 5.65. The zero-order chi connectivity index (χ0) is 16.0. The zero-order valence-electron chi connectivity index (χ0n) is 12.1. The molecule has 0 bridgehead atoms. The van der Waals surface area contributed by atoms with E-state index in [-0.39, 0.29) is 11.7 Å². The maximum absolute atomic E-state index is 12.0. The highest BCUT2D eigenvalue weighted by Gasteiger charge is 2.28. The minimum atomic E-state index is -4.36. The molecule has 0 unspecified atom stereocenters. The van der Waals surface area contributed by atoms with Crippen LogP contribution in [0.15, 0.2) is 24.3 Å². The number of rotatable bonds is 5. The van der Waals surface area contributed by atoms with Gasteiger partial charge in [0.05, 0.1) is 0 Å². The van der Waals surface area contributed by atoms with Crippen molar-refractivity contribution in [3.8, 4) is 5.75 Å². The molecule has 2 N–H and O–H groups in total. The third kappa shape index (κ3) is 5.93. The molecule has 1 aromatic carbocycles. The second-order valence-electron chi connectivity index (χ2n) is 5.37. The molecule has 0 saturated carbocycles. The molecule has 1 heterocycles. The number of halogens is 3. The van der Waals surface area contributed by atoms with Crippen LogP contribution in [0.25, 0.3) is 0 Å². The van der Waals surface area contributed by atoms with Crippen LogP contribution in [0.3, 0.4) is 0 Å². The fraction of sp³-hybridized carbons (Fsp3) is 0.533. The summed E-state index contributed by atoms with van der Waals surface area (Å²) in [5, 5.41) is 5.99. The predicted molar refractivity (Wildman–Crippen MR) is 76.8 cm³/mol. The van der Waals surface area contributed by atoms with Crippen molar-refractivity contribution in [2.24, 2.45) is 5.92 Å². The summed E-state index contributed by atoms with van der Waals surface area (Å²) in [6.07, 6.45) is -1.93. The number of hydrogen-bond acceptors (Lipinski definition) is 3. The minimum Gasteiger partial charge on any atom is -0.484 e. The quantitative estimate of drug-likeness (QED) is 0.878. The first kappa shape index (κ1) is 16.6. The molecule has 7 heteroatoms. The summed E-state index contributed by atoms with van der Waals surface area (Å²) < 4.78 is 40.7. The lowest BCUT2D eigenvalue weighted by Crippen LogP contribution is -2.30. The molecule has 0 radical (unpaired) electrons. The fourth-order valence-corrected chi connectivity index (χ4v) is 2.36. The Morgan fingerprint density at radius 1 is 1.23 bits per heavy atom. The number of carbonyl (C=O) groups is 1. The van der Waals surface area contributed by atoms with Gasteiger partial charge in [-0.3, -0.25) is 4.79 Å². The Balaban J connectivity index is 1.79. The van der Waals surface area contributed by atoms with E-state index in [4.69, 9.17) is 0 Å². The van der Waals surface area contributed by atoms with E-state index in [2.05, 4.69) is 15.4 Å². The van der Waals surface area contributed by atoms with E-state index in [0.29, 0.717) is 18.0 Å². The molecule has 1 fully saturated rings. The summed E-state index contributed by atoms with van der Waals surface area (Å²) in [5.74, 6) is 0.431. The molecule has 1 amide bonds. The molecule has 1 aliphatic heterocycles. The van der Waals surface area contributed by atoms with Crippen LogP contribution in [-0.2, 0) is 4.79 Å². The van der Waals surface area contributed by atoms with Gasteiger partial charge in [-0.2, -0.15) is 13.2 Å². The molecule has 2 rings (SSSR count). The highest BCUT2D eigenvalue weighted by molar-refractivity contribution is 5.90. The van der Waals surface area contributed by atoms with Crippen LogP contribution in [0.5, 0.6) is 5.75 Å². The average Bonchev–Trinajstić information content (AvgIpc) is 2.47. The van der Waals surface area contributed by atoms with Gasteiger partial charge in [-0.25, -0.2) is 0 Å². The summed E-state index contributed by atoms with van der Waals surface area (Å²) in [6, 6.07) is 5.88. The van der Waals surface area contributed by atoms with Crippen molar-refractivity contribution in [2.45, 2.75) is 25.4 Å². The lowest BCUT2D eigenvalue weighted by Gasteiger charge is -2.21. The highest BCUT2D eigenvalue weighted by Crippen LogP contribution is 2.21. The molecule has 4 nitrogen and oxygen atoms in total. The van der Waals surface area contributed by atoms with Crippen molar-refractivity contribution >= 4 is 11.6 Å². The monoisotopic (exact) mass is 316 g/mol. The van der Waals surface area contributed by atoms with E-state index >= 15 is 0 Å². The Bertz CT molecular complexity index is 483. The maximum atomic E-state index is 12.0. The maximum Gasteiger partial charge on any atom is 0.422 e. The first-order valence-electron chi connectivity index (χ1n) is 7.22. The van der Waals surface area contributed by atoms with E-state index in [1.54, 1.807) is 0 Å². The van der Waals surface area contributed by atoms with E-state index in [1.165, 1.54) is 24.3 Å². The Hall–Kier alpha value is -1.76. The normalized spacial score (nSPS) is 16.3. The lowest BCUT2D eigenvalue weighted by atomic mass is 9.94. The molecule has 0 atom stereocenters. The molecule has 1 saturated heterocycles. The summed E-state index contributed by atoms with van der Waals surface area (Å²) >= 11 is 0. The zero-order valence-corrected chi connectivity index (χ0v) is 12.1. The van der Waals surface area contributed by atoms with Gasteiger partial charge in [0.1, 0.15) is 5.75 Å². The molecule has 0 aliphatic carbocycles. The largest absolute Gasteiger partial charge is 0.484 e. The molecule has 1 aliphatic rings. The van der Waals surface area contributed by atoms with Crippen molar-refractivity contribution < 1.29 is 22.7 Å². The summed E-state index contributed by atoms with van der Waals surface area (Å²) in [7, 11) is 0. The summed E-state index contributed by atoms with van der Waals surface area (Å²) in [5.41, 5.74) is 0.554. The number of piperidine rings is 1. The van der Waals surface area contributed by atoms with E-state index in [9.17, 15) is 18.0 Å². The number of amides is 1. The Morgan fingerprint density at radius 2 is 1.86 bits per heavy atom. The van der Waals surface area contributed by atoms with Crippen LogP contribution in [-0.4, -0.2) is 31.8 Å². The van der Waals surface area contributed by atoms with Gasteiger partial charge >= 0.3 is 6.18 Å². The molecular weight excluding hydrogens is 297 g/mol. The van der Waals surface area contributed by atoms with Crippen molar-refractivity contribution in [1.82, 2.24) is 5.32 Å². The van der Waals surface area contributed by atoms with Gasteiger partial charge in [-0.15, -0.1) is 0 Å². The van der Waals surface area contributed by atoms with Gasteiger partial charge in [0.2, 0.25) is 5.91 Å². The molecular formula is C15H19F3N2O2. The number of nitrogens with one attached hydrogen (secondary N) is 2. The number of alkyl halides is 3. The SMILES string of the molecule is O=C(CC1CCNCC1)Nc1ccc(OCC(F)(F)F)cc1. The first-order chi connectivity index (χ1) is 10.4. The molecule has 122 valence electrons. The second-order valence-corrected chi connectivity index (χ2v) is 5.37. The van der Waals surface area contributed by atoms with Crippen LogP contribution < -0.4 is 15.4 Å². The topological polar surface area (TPSA) is 50.4 Å². The van der Waals surface area contributed by atoms with Crippen molar-refractivity contribution in [3.05, 3.63) is 24.3 Å². The molecule has 0 spiro atoms. The third-order valence-corrected chi connectivity index (χ3v) is 3.47. The lowest BCUT2D eigenvalue weighted by molar-refractivity contribution is -0.153. The van der Waals surface area contributed by atoms with Crippen molar-refractivity contribution in [2.75, 3.05) is 25.0 Å². The van der Waals surface area contributed by atoms with E-state index < -0.39 is 12.8 Å². The van der Waals surface area contributed by atoms with E-state index in [1.807, 2.05) is 0 Å². The Labute approximate surface area is 127 Å². The molecule has 0 aromatic heterocycles. The van der Waals surface area contributed by atoms with Gasteiger partial charge in [-0.05, 0) is 56.1 Å². The smallest absolute Gasteiger partial charge is 0.422 e. The van der Waals surface area contributed by atoms with Crippen LogP contribution in [0.2, 0.25) is 0 Å². The van der Waals surface area contributed by atoms with Crippen LogP contribution in [0.4, 0.5) is 18.9 Å². The van der Waals surface area contributed by atoms with E-state index in [0.717, 1.165) is 25.9 Å². The number of hydrogen-bond donors (Lipinski definition) is 2. The highest BCUT2D eigenvalue weighted by atomic mass is 19.4. The minimum absolute atomic E-state index is 0.0733. The molecule has 22 heavy (non-hydrogen) atoms. The summed E-state index contributed by atoms with van der Waals surface area (Å²) in [4.78, 5) is 11.9. The van der Waals surface area contributed by atoms with Gasteiger partial charge in [-0.1, -0.05) is 0 Å².